The zero-order valence-electron chi connectivity index (χ0n) is 8.88. The maximum atomic E-state index is 8.89. The molecular weight excluding hydrogens is 174 g/mol. The van der Waals surface area contributed by atoms with Crippen molar-refractivity contribution in [1.29, 1.82) is 5.26 Å². The second-order valence-corrected chi connectivity index (χ2v) is 3.58. The molecule has 0 unspecified atom stereocenters. The molecule has 0 atom stereocenters. The van der Waals surface area contributed by atoms with Crippen LogP contribution < -0.4 is 5.84 Å². The minimum atomic E-state index is 0.723. The van der Waals surface area contributed by atoms with Gasteiger partial charge in [-0.15, -0.1) is 0 Å². The summed E-state index contributed by atoms with van der Waals surface area (Å²) < 4.78 is 1.54. The van der Waals surface area contributed by atoms with Crippen LogP contribution in [0.1, 0.15) is 43.0 Å². The molecule has 0 saturated carbocycles. The van der Waals surface area contributed by atoms with E-state index in [2.05, 4.69) is 13.0 Å². The molecule has 0 aliphatic carbocycles. The maximum absolute atomic E-state index is 8.89. The third kappa shape index (κ3) is 2.08. The van der Waals surface area contributed by atoms with Gasteiger partial charge in [0.1, 0.15) is 6.07 Å². The summed E-state index contributed by atoms with van der Waals surface area (Å²) in [5, 5.41) is 8.89. The highest BCUT2D eigenvalue weighted by Crippen LogP contribution is 2.17. The van der Waals surface area contributed by atoms with Gasteiger partial charge >= 0.3 is 0 Å². The highest BCUT2D eigenvalue weighted by Gasteiger charge is 2.09. The summed E-state index contributed by atoms with van der Waals surface area (Å²) in [6, 6.07) is 2.18. The van der Waals surface area contributed by atoms with Gasteiger partial charge in [-0.3, -0.25) is 4.68 Å². The van der Waals surface area contributed by atoms with Crippen molar-refractivity contribution in [2.75, 3.05) is 5.84 Å². The van der Waals surface area contributed by atoms with Gasteiger partial charge in [-0.2, -0.15) is 5.26 Å². The average Bonchev–Trinajstić information content (AvgIpc) is 2.45. The van der Waals surface area contributed by atoms with Crippen LogP contribution in [0.4, 0.5) is 0 Å². The van der Waals surface area contributed by atoms with Gasteiger partial charge in [0.05, 0.1) is 5.56 Å². The van der Waals surface area contributed by atoms with Crippen molar-refractivity contribution in [3.05, 3.63) is 23.0 Å². The fraction of sp³-hybridized carbons (Fsp3) is 0.545. The first-order chi connectivity index (χ1) is 6.70. The number of rotatable bonds is 4. The number of hydrogen-bond acceptors (Lipinski definition) is 2. The molecule has 0 fully saturated rings. The van der Waals surface area contributed by atoms with Gasteiger partial charge < -0.3 is 5.84 Å². The van der Waals surface area contributed by atoms with Gasteiger partial charge in [0.2, 0.25) is 0 Å². The molecule has 1 heterocycles. The lowest BCUT2D eigenvalue weighted by Gasteiger charge is -2.01. The number of nitrogens with two attached hydrogens (primary N) is 1. The summed E-state index contributed by atoms with van der Waals surface area (Å²) in [4.78, 5) is 0. The van der Waals surface area contributed by atoms with Crippen LogP contribution >= 0.6 is 0 Å². The Labute approximate surface area is 85.1 Å². The van der Waals surface area contributed by atoms with Crippen LogP contribution in [0.3, 0.4) is 0 Å². The lowest BCUT2D eigenvalue weighted by molar-refractivity contribution is 0.713. The molecule has 1 aromatic rings. The number of hydrogen-bond donors (Lipinski definition) is 1. The van der Waals surface area contributed by atoms with Crippen LogP contribution in [0.15, 0.2) is 6.20 Å². The van der Waals surface area contributed by atoms with Gasteiger partial charge in [-0.1, -0.05) is 19.8 Å². The molecule has 0 aliphatic heterocycles. The van der Waals surface area contributed by atoms with E-state index >= 15 is 0 Å². The monoisotopic (exact) mass is 191 g/mol. The Morgan fingerprint density at radius 1 is 1.50 bits per heavy atom. The quantitative estimate of drug-likeness (QED) is 0.585. The van der Waals surface area contributed by atoms with Crippen LogP contribution in [0.25, 0.3) is 0 Å². The first kappa shape index (κ1) is 10.6. The first-order valence-corrected chi connectivity index (χ1v) is 5.06. The molecule has 0 bridgehead atoms. The summed E-state index contributed by atoms with van der Waals surface area (Å²) >= 11 is 0. The van der Waals surface area contributed by atoms with Gasteiger partial charge in [0.25, 0.3) is 0 Å². The molecule has 0 saturated heterocycles. The second-order valence-electron chi connectivity index (χ2n) is 3.58. The largest absolute Gasteiger partial charge is 0.339 e. The van der Waals surface area contributed by atoms with Crippen molar-refractivity contribution in [2.24, 2.45) is 0 Å². The first-order valence-electron chi connectivity index (χ1n) is 5.06. The molecule has 1 aromatic heterocycles. The van der Waals surface area contributed by atoms with Crippen molar-refractivity contribution in [2.45, 2.75) is 39.5 Å². The topological polar surface area (TPSA) is 54.7 Å². The Morgan fingerprint density at radius 2 is 2.21 bits per heavy atom. The summed E-state index contributed by atoms with van der Waals surface area (Å²) in [7, 11) is 0. The Balaban J connectivity index is 2.79. The normalized spacial score (nSPS) is 10.1. The van der Waals surface area contributed by atoms with Crippen molar-refractivity contribution < 1.29 is 0 Å². The molecule has 0 aliphatic rings. The van der Waals surface area contributed by atoms with Crippen molar-refractivity contribution >= 4 is 0 Å². The van der Waals surface area contributed by atoms with E-state index in [4.69, 9.17) is 11.1 Å². The smallest absolute Gasteiger partial charge is 0.101 e. The van der Waals surface area contributed by atoms with Crippen molar-refractivity contribution in [3.63, 3.8) is 0 Å². The van der Waals surface area contributed by atoms with E-state index in [0.29, 0.717) is 0 Å². The predicted octanol–water partition coefficient (Wildman–Crippen LogP) is 2.11. The third-order valence-electron chi connectivity index (χ3n) is 2.57. The minimum Gasteiger partial charge on any atom is -0.339 e. The van der Waals surface area contributed by atoms with E-state index in [9.17, 15) is 0 Å². The summed E-state index contributed by atoms with van der Waals surface area (Å²) in [5.41, 5.74) is 2.85. The standard InChI is InChI=1S/C11H17N3/c1-3-4-5-6-11-9(2)14(13)8-10(11)7-12/h8H,3-6,13H2,1-2H3. The summed E-state index contributed by atoms with van der Waals surface area (Å²) in [6.07, 6.45) is 6.21. The van der Waals surface area contributed by atoms with Crippen LogP contribution in [0.5, 0.6) is 0 Å². The molecule has 1 rings (SSSR count). The van der Waals surface area contributed by atoms with E-state index < -0.39 is 0 Å². The fourth-order valence-electron chi connectivity index (χ4n) is 1.63. The van der Waals surface area contributed by atoms with E-state index in [0.717, 1.165) is 29.7 Å². The van der Waals surface area contributed by atoms with Crippen molar-refractivity contribution in [3.8, 4) is 6.07 Å². The van der Waals surface area contributed by atoms with Gasteiger partial charge in [0.15, 0.2) is 0 Å². The lowest BCUT2D eigenvalue weighted by atomic mass is 10.0. The Morgan fingerprint density at radius 3 is 2.79 bits per heavy atom. The Kier molecular flexibility index (Phi) is 3.58. The van der Waals surface area contributed by atoms with Crippen LogP contribution in [-0.4, -0.2) is 4.68 Å². The van der Waals surface area contributed by atoms with Crippen LogP contribution in [0, 0.1) is 18.3 Å². The molecule has 0 amide bonds. The molecule has 0 aromatic carbocycles. The van der Waals surface area contributed by atoms with Gasteiger partial charge in [0, 0.05) is 11.9 Å². The van der Waals surface area contributed by atoms with E-state index in [-0.39, 0.29) is 0 Å². The van der Waals surface area contributed by atoms with E-state index in [1.807, 2.05) is 6.92 Å². The lowest BCUT2D eigenvalue weighted by Crippen LogP contribution is -2.08. The zero-order chi connectivity index (χ0) is 10.6. The second kappa shape index (κ2) is 4.71. The summed E-state index contributed by atoms with van der Waals surface area (Å²) in [6.45, 7) is 4.13. The average molecular weight is 191 g/mol. The van der Waals surface area contributed by atoms with Gasteiger partial charge in [-0.25, -0.2) is 0 Å². The minimum absolute atomic E-state index is 0.723. The molecule has 0 radical (unpaired) electrons. The molecule has 3 nitrogen and oxygen atoms in total. The third-order valence-corrected chi connectivity index (χ3v) is 2.57. The molecule has 76 valence electrons. The Hall–Kier alpha value is -1.43. The molecule has 0 spiro atoms. The predicted molar refractivity (Wildman–Crippen MR) is 57.3 cm³/mol. The highest BCUT2D eigenvalue weighted by atomic mass is 15.3. The highest BCUT2D eigenvalue weighted by molar-refractivity contribution is 5.40. The molecule has 14 heavy (non-hydrogen) atoms. The number of nitrogens with zero attached hydrogens (tertiary/aromatic N) is 2. The maximum Gasteiger partial charge on any atom is 0.101 e. The zero-order valence-corrected chi connectivity index (χ0v) is 8.88. The number of aromatic nitrogens is 1. The van der Waals surface area contributed by atoms with Crippen LogP contribution in [-0.2, 0) is 6.42 Å². The molecule has 3 heteroatoms. The fourth-order valence-corrected chi connectivity index (χ4v) is 1.63. The van der Waals surface area contributed by atoms with E-state index in [1.54, 1.807) is 10.9 Å². The summed E-state index contributed by atoms with van der Waals surface area (Å²) in [5.74, 6) is 5.69. The number of nitriles is 1. The Bertz CT molecular complexity index is 344. The van der Waals surface area contributed by atoms with Crippen molar-refractivity contribution in [1.82, 2.24) is 4.68 Å². The molecule has 2 N–H and O–H groups in total. The van der Waals surface area contributed by atoms with Gasteiger partial charge in [-0.05, 0) is 25.3 Å². The van der Waals surface area contributed by atoms with E-state index in [1.165, 1.54) is 12.8 Å². The van der Waals surface area contributed by atoms with Crippen LogP contribution in [0.2, 0.25) is 0 Å². The number of unbranched alkanes of at least 4 members (excludes halogenated alkanes) is 2. The molecular formula is C11H17N3. The SMILES string of the molecule is CCCCCc1c(C#N)cn(N)c1C. The number of nitrogen functional groups attached to an aromatic ring is 1.